The third-order valence-corrected chi connectivity index (χ3v) is 2.82. The maximum absolute atomic E-state index is 5.97. The molecule has 0 saturated heterocycles. The van der Waals surface area contributed by atoms with E-state index >= 15 is 0 Å². The number of imidazole rings is 1. The molecule has 1 aromatic carbocycles. The third-order valence-electron chi connectivity index (χ3n) is 2.59. The molecule has 15 heavy (non-hydrogen) atoms. The third kappa shape index (κ3) is 1.22. The van der Waals surface area contributed by atoms with Crippen molar-refractivity contribution < 1.29 is 0 Å². The fourth-order valence-electron chi connectivity index (χ4n) is 1.84. The second kappa shape index (κ2) is 2.97. The number of halogens is 1. The summed E-state index contributed by atoms with van der Waals surface area (Å²) in [5.41, 5.74) is 4.20. The molecule has 0 aliphatic carbocycles. The van der Waals surface area contributed by atoms with Gasteiger partial charge < -0.3 is 0 Å². The predicted octanol–water partition coefficient (Wildman–Crippen LogP) is 3.45. The van der Waals surface area contributed by atoms with E-state index in [1.54, 1.807) is 0 Å². The van der Waals surface area contributed by atoms with Gasteiger partial charge >= 0.3 is 0 Å². The predicted molar refractivity (Wildman–Crippen MR) is 62.4 cm³/mol. The summed E-state index contributed by atoms with van der Waals surface area (Å²) in [4.78, 5) is 4.56. The minimum absolute atomic E-state index is 0.741. The molecule has 2 aromatic heterocycles. The van der Waals surface area contributed by atoms with Crippen LogP contribution in [0, 0.1) is 6.92 Å². The Morgan fingerprint density at radius 2 is 2.13 bits per heavy atom. The summed E-state index contributed by atoms with van der Waals surface area (Å²) < 4.78 is 2.07. The van der Waals surface area contributed by atoms with Crippen molar-refractivity contribution in [1.29, 1.82) is 0 Å². The molecule has 0 N–H and O–H groups in total. The number of aromatic nitrogens is 2. The average Bonchev–Trinajstić information content (AvgIpc) is 2.58. The van der Waals surface area contributed by atoms with E-state index in [9.17, 15) is 0 Å². The first-order valence-electron chi connectivity index (χ1n) is 4.78. The lowest BCUT2D eigenvalue weighted by Crippen LogP contribution is -1.85. The first-order chi connectivity index (χ1) is 7.25. The van der Waals surface area contributed by atoms with Crippen LogP contribution in [0.3, 0.4) is 0 Å². The Hall–Kier alpha value is -1.54. The molecule has 3 heteroatoms. The van der Waals surface area contributed by atoms with Crippen molar-refractivity contribution in [3.8, 4) is 0 Å². The largest absolute Gasteiger partial charge is 0.299 e. The molecule has 0 saturated carbocycles. The maximum atomic E-state index is 5.97. The summed E-state index contributed by atoms with van der Waals surface area (Å²) in [5.74, 6) is 0. The lowest BCUT2D eigenvalue weighted by molar-refractivity contribution is 1.20. The van der Waals surface area contributed by atoms with Crippen molar-refractivity contribution >= 4 is 28.3 Å². The fourth-order valence-corrected chi connectivity index (χ4v) is 2.01. The van der Waals surface area contributed by atoms with E-state index in [-0.39, 0.29) is 0 Å². The summed E-state index contributed by atoms with van der Waals surface area (Å²) in [6.07, 6.45) is 2.01. The fraction of sp³-hybridized carbons (Fsp3) is 0.0833. The lowest BCUT2D eigenvalue weighted by Gasteiger charge is -1.97. The average molecular weight is 217 g/mol. The van der Waals surface area contributed by atoms with E-state index in [1.165, 1.54) is 5.56 Å². The number of rotatable bonds is 0. The summed E-state index contributed by atoms with van der Waals surface area (Å²) in [6, 6.07) is 9.83. The minimum Gasteiger partial charge on any atom is -0.299 e. The zero-order valence-corrected chi connectivity index (χ0v) is 8.99. The second-order valence-corrected chi connectivity index (χ2v) is 4.07. The molecule has 0 radical (unpaired) electrons. The van der Waals surface area contributed by atoms with Gasteiger partial charge in [0.15, 0.2) is 0 Å². The van der Waals surface area contributed by atoms with Gasteiger partial charge in [0.25, 0.3) is 0 Å². The molecule has 0 unspecified atom stereocenters. The van der Waals surface area contributed by atoms with Crippen LogP contribution in [0.25, 0.3) is 16.7 Å². The highest BCUT2D eigenvalue weighted by Gasteiger charge is 2.05. The van der Waals surface area contributed by atoms with Crippen LogP contribution in [0.1, 0.15) is 5.56 Å². The molecule has 0 fully saturated rings. The number of pyridine rings is 1. The van der Waals surface area contributed by atoms with Crippen molar-refractivity contribution in [2.75, 3.05) is 0 Å². The van der Waals surface area contributed by atoms with E-state index in [0.717, 1.165) is 21.7 Å². The number of fused-ring (bicyclic) bond motifs is 3. The molecule has 0 bridgehead atoms. The van der Waals surface area contributed by atoms with Gasteiger partial charge in [0.2, 0.25) is 0 Å². The molecular formula is C12H9ClN2. The van der Waals surface area contributed by atoms with Crippen molar-refractivity contribution in [2.24, 2.45) is 0 Å². The molecule has 3 aromatic rings. The summed E-state index contributed by atoms with van der Waals surface area (Å²) in [5, 5.41) is 0.741. The smallest absolute Gasteiger partial charge is 0.140 e. The zero-order chi connectivity index (χ0) is 10.4. The maximum Gasteiger partial charge on any atom is 0.140 e. The second-order valence-electron chi connectivity index (χ2n) is 3.63. The quantitative estimate of drug-likeness (QED) is 0.563. The molecule has 0 atom stereocenters. The lowest BCUT2D eigenvalue weighted by atomic mass is 10.3. The minimum atomic E-state index is 0.741. The Kier molecular flexibility index (Phi) is 1.73. The number of hydrogen-bond donors (Lipinski definition) is 0. The molecule has 0 aliphatic rings. The highest BCUT2D eigenvalue weighted by atomic mass is 35.5. The molecule has 2 heterocycles. The van der Waals surface area contributed by atoms with Gasteiger partial charge in [0.1, 0.15) is 5.65 Å². The molecular weight excluding hydrogens is 208 g/mol. The first kappa shape index (κ1) is 8.74. The van der Waals surface area contributed by atoms with Gasteiger partial charge in [-0.05, 0) is 36.8 Å². The van der Waals surface area contributed by atoms with Crippen molar-refractivity contribution in [3.05, 3.63) is 47.1 Å². The van der Waals surface area contributed by atoms with Gasteiger partial charge in [-0.2, -0.15) is 0 Å². The topological polar surface area (TPSA) is 17.3 Å². The summed E-state index contributed by atoms with van der Waals surface area (Å²) in [7, 11) is 0. The van der Waals surface area contributed by atoms with Crippen molar-refractivity contribution in [1.82, 2.24) is 9.38 Å². The van der Waals surface area contributed by atoms with Crippen LogP contribution in [-0.4, -0.2) is 9.38 Å². The van der Waals surface area contributed by atoms with Gasteiger partial charge in [-0.1, -0.05) is 17.7 Å². The Morgan fingerprint density at radius 3 is 3.00 bits per heavy atom. The van der Waals surface area contributed by atoms with Crippen molar-refractivity contribution in [2.45, 2.75) is 6.92 Å². The molecule has 74 valence electrons. The van der Waals surface area contributed by atoms with Crippen LogP contribution in [0.4, 0.5) is 0 Å². The standard InChI is InChI=1S/C12H9ClN2/c1-8-3-2-6-15-11-7-9(13)4-5-10(11)14-12(8)15/h2-7H,1H3. The number of aryl methyl sites for hydroxylation is 1. The number of benzene rings is 1. The first-order valence-corrected chi connectivity index (χ1v) is 5.16. The van der Waals surface area contributed by atoms with Crippen LogP contribution in [0.15, 0.2) is 36.5 Å². The van der Waals surface area contributed by atoms with Crippen LogP contribution in [-0.2, 0) is 0 Å². The Labute approximate surface area is 92.1 Å². The number of hydrogen-bond acceptors (Lipinski definition) is 1. The van der Waals surface area contributed by atoms with Crippen LogP contribution < -0.4 is 0 Å². The normalized spacial score (nSPS) is 11.3. The Bertz CT molecular complexity index is 655. The molecule has 2 nitrogen and oxygen atoms in total. The van der Waals surface area contributed by atoms with E-state index in [2.05, 4.69) is 22.4 Å². The van der Waals surface area contributed by atoms with Gasteiger partial charge in [0, 0.05) is 11.2 Å². The van der Waals surface area contributed by atoms with E-state index in [1.807, 2.05) is 30.5 Å². The van der Waals surface area contributed by atoms with Crippen LogP contribution >= 0.6 is 11.6 Å². The molecule has 0 amide bonds. The molecule has 0 aliphatic heterocycles. The zero-order valence-electron chi connectivity index (χ0n) is 8.24. The van der Waals surface area contributed by atoms with Gasteiger partial charge in [0.05, 0.1) is 11.0 Å². The van der Waals surface area contributed by atoms with E-state index in [4.69, 9.17) is 11.6 Å². The molecule has 3 rings (SSSR count). The van der Waals surface area contributed by atoms with Crippen LogP contribution in [0.5, 0.6) is 0 Å². The van der Waals surface area contributed by atoms with E-state index in [0.29, 0.717) is 0 Å². The number of nitrogens with zero attached hydrogens (tertiary/aromatic N) is 2. The Balaban J connectivity index is 2.58. The molecule has 0 spiro atoms. The van der Waals surface area contributed by atoms with E-state index < -0.39 is 0 Å². The van der Waals surface area contributed by atoms with Gasteiger partial charge in [-0.3, -0.25) is 4.40 Å². The van der Waals surface area contributed by atoms with Crippen LogP contribution in [0.2, 0.25) is 5.02 Å². The van der Waals surface area contributed by atoms with Gasteiger partial charge in [-0.25, -0.2) is 4.98 Å². The summed E-state index contributed by atoms with van der Waals surface area (Å²) in [6.45, 7) is 2.06. The monoisotopic (exact) mass is 216 g/mol. The van der Waals surface area contributed by atoms with Crippen molar-refractivity contribution in [3.63, 3.8) is 0 Å². The highest BCUT2D eigenvalue weighted by Crippen LogP contribution is 2.21. The van der Waals surface area contributed by atoms with Gasteiger partial charge in [-0.15, -0.1) is 0 Å². The summed E-state index contributed by atoms with van der Waals surface area (Å²) >= 11 is 5.97. The SMILES string of the molecule is Cc1cccn2c1nc1ccc(Cl)cc12. The Morgan fingerprint density at radius 1 is 1.27 bits per heavy atom. The highest BCUT2D eigenvalue weighted by molar-refractivity contribution is 6.31.